The van der Waals surface area contributed by atoms with Gasteiger partial charge in [0.05, 0.1) is 5.69 Å². The molecule has 0 spiro atoms. The Morgan fingerprint density at radius 1 is 1.38 bits per heavy atom. The van der Waals surface area contributed by atoms with E-state index in [1.807, 2.05) is 49.1 Å². The Bertz CT molecular complexity index is 685. The van der Waals surface area contributed by atoms with Gasteiger partial charge >= 0.3 is 0 Å². The minimum Gasteiger partial charge on any atom is -0.431 e. The van der Waals surface area contributed by atoms with Crippen molar-refractivity contribution in [2.45, 2.75) is 32.7 Å². The summed E-state index contributed by atoms with van der Waals surface area (Å²) in [4.78, 5) is 19.0. The van der Waals surface area contributed by atoms with E-state index in [4.69, 9.17) is 10.2 Å². The van der Waals surface area contributed by atoms with Crippen molar-refractivity contribution in [2.75, 3.05) is 13.1 Å². The third-order valence-electron chi connectivity index (χ3n) is 4.50. The molecule has 130 valence electrons. The smallest absolute Gasteiger partial charge is 0.291 e. The summed E-state index contributed by atoms with van der Waals surface area (Å²) in [7, 11) is 0. The van der Waals surface area contributed by atoms with E-state index in [1.54, 1.807) is 0 Å². The zero-order chi connectivity index (χ0) is 16.4. The molecule has 2 heterocycles. The van der Waals surface area contributed by atoms with Gasteiger partial charge in [-0.2, -0.15) is 0 Å². The maximum absolute atomic E-state index is 12.8. The van der Waals surface area contributed by atoms with E-state index in [9.17, 15) is 4.79 Å². The van der Waals surface area contributed by atoms with Crippen molar-refractivity contribution in [3.8, 4) is 11.5 Å². The van der Waals surface area contributed by atoms with Crippen LogP contribution in [0.25, 0.3) is 11.5 Å². The van der Waals surface area contributed by atoms with Crippen LogP contribution in [0.3, 0.4) is 0 Å². The Morgan fingerprint density at radius 3 is 2.75 bits per heavy atom. The second-order valence-corrected chi connectivity index (χ2v) is 6.31. The highest BCUT2D eigenvalue weighted by atomic mass is 35.5. The maximum Gasteiger partial charge on any atom is 0.291 e. The van der Waals surface area contributed by atoms with Gasteiger partial charge in [-0.15, -0.1) is 12.4 Å². The van der Waals surface area contributed by atoms with Crippen LogP contribution in [0.2, 0.25) is 0 Å². The Labute approximate surface area is 148 Å². The third kappa shape index (κ3) is 3.79. The lowest BCUT2D eigenvalue weighted by atomic mass is 9.92. The van der Waals surface area contributed by atoms with E-state index in [0.717, 1.165) is 24.9 Å². The summed E-state index contributed by atoms with van der Waals surface area (Å²) in [6.07, 6.45) is 2.06. The quantitative estimate of drug-likeness (QED) is 0.923. The third-order valence-corrected chi connectivity index (χ3v) is 4.50. The van der Waals surface area contributed by atoms with Crippen molar-refractivity contribution in [2.24, 2.45) is 11.7 Å². The number of nitrogens with zero attached hydrogens (tertiary/aromatic N) is 2. The zero-order valence-electron chi connectivity index (χ0n) is 14.1. The average molecular weight is 350 g/mol. The molecule has 24 heavy (non-hydrogen) atoms. The number of hydrogen-bond acceptors (Lipinski definition) is 4. The highest BCUT2D eigenvalue weighted by Gasteiger charge is 2.29. The predicted octanol–water partition coefficient (Wildman–Crippen LogP) is 3.27. The van der Waals surface area contributed by atoms with Crippen molar-refractivity contribution < 1.29 is 9.21 Å². The van der Waals surface area contributed by atoms with Crippen LogP contribution in [0.4, 0.5) is 0 Å². The minimum absolute atomic E-state index is 0. The summed E-state index contributed by atoms with van der Waals surface area (Å²) < 4.78 is 5.78. The summed E-state index contributed by atoms with van der Waals surface area (Å²) in [6, 6.07) is 9.73. The molecular formula is C18H24ClN3O2. The van der Waals surface area contributed by atoms with Gasteiger partial charge in [0.1, 0.15) is 0 Å². The van der Waals surface area contributed by atoms with Crippen LogP contribution in [-0.4, -0.2) is 34.9 Å². The van der Waals surface area contributed by atoms with Gasteiger partial charge in [0.25, 0.3) is 5.91 Å². The molecule has 6 heteroatoms. The van der Waals surface area contributed by atoms with E-state index >= 15 is 0 Å². The summed E-state index contributed by atoms with van der Waals surface area (Å²) in [5, 5.41) is 0. The molecule has 0 bridgehead atoms. The highest BCUT2D eigenvalue weighted by molar-refractivity contribution is 5.93. The Hall–Kier alpha value is -1.85. The van der Waals surface area contributed by atoms with Gasteiger partial charge in [0.2, 0.25) is 11.7 Å². The standard InChI is InChI=1S/C18H23N3O2.ClH/c1-12(19)15-9-6-10-21(11-15)18(22)16-13(2)20-17(23-16)14-7-4-3-5-8-14;/h3-5,7-8,12,15H,6,9-11,19H2,1-2H3;1H. The van der Waals surface area contributed by atoms with Crippen molar-refractivity contribution in [1.29, 1.82) is 0 Å². The Kier molecular flexibility index (Phi) is 6.02. The summed E-state index contributed by atoms with van der Waals surface area (Å²) >= 11 is 0. The molecule has 0 radical (unpaired) electrons. The first-order valence-corrected chi connectivity index (χ1v) is 8.14. The summed E-state index contributed by atoms with van der Waals surface area (Å²) in [5.41, 5.74) is 7.52. The van der Waals surface area contributed by atoms with Crippen LogP contribution in [-0.2, 0) is 0 Å². The molecule has 1 aliphatic heterocycles. The molecule has 0 saturated carbocycles. The minimum atomic E-state index is -0.0810. The second-order valence-electron chi connectivity index (χ2n) is 6.31. The average Bonchev–Trinajstić information content (AvgIpc) is 2.97. The molecule has 5 nitrogen and oxygen atoms in total. The number of halogens is 1. The van der Waals surface area contributed by atoms with Crippen molar-refractivity contribution in [1.82, 2.24) is 9.88 Å². The number of carbonyl (C=O) groups is 1. The number of nitrogens with two attached hydrogens (primary N) is 1. The first-order chi connectivity index (χ1) is 11.1. The number of amides is 1. The molecule has 1 amide bonds. The molecule has 1 saturated heterocycles. The molecule has 0 aliphatic carbocycles. The fraction of sp³-hybridized carbons (Fsp3) is 0.444. The molecular weight excluding hydrogens is 326 g/mol. The topological polar surface area (TPSA) is 72.4 Å². The number of rotatable bonds is 3. The summed E-state index contributed by atoms with van der Waals surface area (Å²) in [5.74, 6) is 1.11. The first-order valence-electron chi connectivity index (χ1n) is 8.14. The van der Waals surface area contributed by atoms with Crippen LogP contribution in [0, 0.1) is 12.8 Å². The number of piperidine rings is 1. The van der Waals surface area contributed by atoms with Gasteiger partial charge in [-0.1, -0.05) is 18.2 Å². The second kappa shape index (κ2) is 7.81. The van der Waals surface area contributed by atoms with Gasteiger partial charge in [-0.25, -0.2) is 4.98 Å². The number of aryl methyl sites for hydroxylation is 1. The summed E-state index contributed by atoms with van der Waals surface area (Å²) in [6.45, 7) is 5.27. The van der Waals surface area contributed by atoms with Gasteiger partial charge < -0.3 is 15.1 Å². The molecule has 2 unspecified atom stereocenters. The van der Waals surface area contributed by atoms with E-state index in [-0.39, 0.29) is 24.4 Å². The van der Waals surface area contributed by atoms with Crippen molar-refractivity contribution in [3.63, 3.8) is 0 Å². The van der Waals surface area contributed by atoms with Gasteiger partial charge in [0.15, 0.2) is 0 Å². The van der Waals surface area contributed by atoms with Crippen molar-refractivity contribution in [3.05, 3.63) is 41.8 Å². The number of hydrogen-bond donors (Lipinski definition) is 1. The van der Waals surface area contributed by atoms with Crippen LogP contribution in [0.15, 0.2) is 34.7 Å². The number of carbonyl (C=O) groups excluding carboxylic acids is 1. The fourth-order valence-electron chi connectivity index (χ4n) is 3.07. The molecule has 1 aliphatic rings. The van der Waals surface area contributed by atoms with Crippen molar-refractivity contribution >= 4 is 18.3 Å². The molecule has 2 N–H and O–H groups in total. The number of oxazole rings is 1. The molecule has 3 rings (SSSR count). The highest BCUT2D eigenvalue weighted by Crippen LogP contribution is 2.25. The van der Waals surface area contributed by atoms with E-state index in [1.165, 1.54) is 0 Å². The number of benzene rings is 1. The molecule has 2 aromatic rings. The lowest BCUT2D eigenvalue weighted by Gasteiger charge is -2.34. The molecule has 1 aromatic carbocycles. The predicted molar refractivity (Wildman–Crippen MR) is 96.2 cm³/mol. The SMILES string of the molecule is Cc1nc(-c2ccccc2)oc1C(=O)N1CCCC(C(C)N)C1.Cl. The van der Waals surface area contributed by atoms with Crippen LogP contribution in [0.5, 0.6) is 0 Å². The molecule has 1 aromatic heterocycles. The normalized spacial score (nSPS) is 18.8. The van der Waals surface area contributed by atoms with Crippen LogP contribution in [0.1, 0.15) is 36.0 Å². The lowest BCUT2D eigenvalue weighted by molar-refractivity contribution is 0.0629. The monoisotopic (exact) mass is 349 g/mol. The number of aromatic nitrogens is 1. The van der Waals surface area contributed by atoms with Gasteiger partial charge in [-0.3, -0.25) is 4.79 Å². The fourth-order valence-corrected chi connectivity index (χ4v) is 3.07. The van der Waals surface area contributed by atoms with Crippen LogP contribution >= 0.6 is 12.4 Å². The molecule has 2 atom stereocenters. The van der Waals surface area contributed by atoms with E-state index < -0.39 is 0 Å². The van der Waals surface area contributed by atoms with E-state index in [2.05, 4.69) is 4.98 Å². The number of likely N-dealkylation sites (tertiary alicyclic amines) is 1. The Morgan fingerprint density at radius 2 is 2.08 bits per heavy atom. The van der Waals surface area contributed by atoms with Gasteiger partial charge in [0, 0.05) is 24.7 Å². The zero-order valence-corrected chi connectivity index (χ0v) is 14.9. The molecule has 1 fully saturated rings. The largest absolute Gasteiger partial charge is 0.431 e. The Balaban J connectivity index is 0.00000208. The van der Waals surface area contributed by atoms with Gasteiger partial charge in [-0.05, 0) is 44.7 Å². The first kappa shape index (κ1) is 18.5. The maximum atomic E-state index is 12.8. The van der Waals surface area contributed by atoms with Crippen LogP contribution < -0.4 is 5.73 Å². The lowest BCUT2D eigenvalue weighted by Crippen LogP contribution is -2.45. The van der Waals surface area contributed by atoms with E-state index in [0.29, 0.717) is 29.8 Å².